The van der Waals surface area contributed by atoms with Gasteiger partial charge in [0.1, 0.15) is 5.75 Å². The summed E-state index contributed by atoms with van der Waals surface area (Å²) in [5.41, 5.74) is 5.68. The van der Waals surface area contributed by atoms with Crippen molar-refractivity contribution in [1.82, 2.24) is 5.43 Å². The number of hydrogen-bond donors (Lipinski definition) is 1. The highest BCUT2D eigenvalue weighted by molar-refractivity contribution is 5.99. The van der Waals surface area contributed by atoms with Crippen LogP contribution >= 0.6 is 0 Å². The molecule has 1 amide bonds. The van der Waals surface area contributed by atoms with Crippen molar-refractivity contribution in [2.24, 2.45) is 5.10 Å². The van der Waals surface area contributed by atoms with Crippen LogP contribution in [0.5, 0.6) is 5.75 Å². The van der Waals surface area contributed by atoms with E-state index in [1.807, 2.05) is 61.5 Å². The smallest absolute Gasteiger partial charge is 0.277 e. The molecule has 0 radical (unpaired) electrons. The van der Waals surface area contributed by atoms with Crippen molar-refractivity contribution in [3.63, 3.8) is 0 Å². The van der Waals surface area contributed by atoms with E-state index in [2.05, 4.69) is 30.4 Å². The summed E-state index contributed by atoms with van der Waals surface area (Å²) in [6.45, 7) is 6.14. The van der Waals surface area contributed by atoms with Crippen LogP contribution < -0.4 is 10.2 Å². The van der Waals surface area contributed by atoms with E-state index in [1.54, 1.807) is 6.21 Å². The molecule has 0 heterocycles. The summed E-state index contributed by atoms with van der Waals surface area (Å²) in [6.07, 6.45) is 1.66. The van der Waals surface area contributed by atoms with E-state index < -0.39 is 0 Å². The lowest BCUT2D eigenvalue weighted by atomic mass is 10.0. The molecule has 0 aliphatic carbocycles. The first-order valence-electron chi connectivity index (χ1n) is 9.07. The van der Waals surface area contributed by atoms with Gasteiger partial charge in [0, 0.05) is 5.56 Å². The standard InChI is InChI=1S/C23H24N2O2/c1-16(2)20-12-11-17(3)13-22(20)27-15-23(26)25-24-14-19-9-6-8-18-7-4-5-10-21(18)19/h4-14,16H,15H2,1-3H3,(H,25,26). The van der Waals surface area contributed by atoms with E-state index in [-0.39, 0.29) is 12.5 Å². The molecule has 0 saturated heterocycles. The number of hydrogen-bond acceptors (Lipinski definition) is 3. The van der Waals surface area contributed by atoms with E-state index >= 15 is 0 Å². The summed E-state index contributed by atoms with van der Waals surface area (Å²) in [5, 5.41) is 6.30. The Labute approximate surface area is 159 Å². The predicted molar refractivity (Wildman–Crippen MR) is 110 cm³/mol. The Balaban J connectivity index is 1.62. The number of hydrazone groups is 1. The van der Waals surface area contributed by atoms with Gasteiger partial charge in [0.05, 0.1) is 6.21 Å². The topological polar surface area (TPSA) is 50.7 Å². The largest absolute Gasteiger partial charge is 0.483 e. The lowest BCUT2D eigenvalue weighted by Crippen LogP contribution is -2.25. The monoisotopic (exact) mass is 360 g/mol. The van der Waals surface area contributed by atoms with Gasteiger partial charge in [-0.15, -0.1) is 0 Å². The minimum Gasteiger partial charge on any atom is -0.483 e. The third-order valence-corrected chi connectivity index (χ3v) is 4.37. The summed E-state index contributed by atoms with van der Waals surface area (Å²) >= 11 is 0. The molecule has 0 atom stereocenters. The summed E-state index contributed by atoms with van der Waals surface area (Å²) in [5.74, 6) is 0.786. The number of carbonyl (C=O) groups excluding carboxylic acids is 1. The molecule has 0 fully saturated rings. The Bertz CT molecular complexity index is 972. The molecule has 27 heavy (non-hydrogen) atoms. The highest BCUT2D eigenvalue weighted by atomic mass is 16.5. The molecule has 0 saturated carbocycles. The van der Waals surface area contributed by atoms with Crippen molar-refractivity contribution in [3.8, 4) is 5.75 Å². The van der Waals surface area contributed by atoms with Crippen molar-refractivity contribution in [3.05, 3.63) is 77.4 Å². The zero-order chi connectivity index (χ0) is 19.2. The molecule has 1 N–H and O–H groups in total. The quantitative estimate of drug-likeness (QED) is 0.507. The molecule has 0 aliphatic rings. The first-order chi connectivity index (χ1) is 13.0. The molecular formula is C23H24N2O2. The summed E-state index contributed by atoms with van der Waals surface area (Å²) < 4.78 is 5.73. The predicted octanol–water partition coefficient (Wildman–Crippen LogP) is 4.80. The Hall–Kier alpha value is -3.14. The van der Waals surface area contributed by atoms with Gasteiger partial charge in [-0.05, 0) is 40.8 Å². The lowest BCUT2D eigenvalue weighted by molar-refractivity contribution is -0.123. The normalized spacial score (nSPS) is 11.3. The number of fused-ring (bicyclic) bond motifs is 1. The Morgan fingerprint density at radius 2 is 1.89 bits per heavy atom. The van der Waals surface area contributed by atoms with Crippen LogP contribution in [0.3, 0.4) is 0 Å². The molecule has 3 rings (SSSR count). The molecule has 0 aromatic heterocycles. The fourth-order valence-corrected chi connectivity index (χ4v) is 2.96. The van der Waals surface area contributed by atoms with Gasteiger partial charge in [-0.25, -0.2) is 5.43 Å². The molecule has 4 heteroatoms. The van der Waals surface area contributed by atoms with Crippen LogP contribution in [0.4, 0.5) is 0 Å². The Kier molecular flexibility index (Phi) is 5.87. The number of rotatable bonds is 6. The van der Waals surface area contributed by atoms with Gasteiger partial charge in [-0.2, -0.15) is 5.10 Å². The van der Waals surface area contributed by atoms with Crippen LogP contribution in [0, 0.1) is 6.92 Å². The molecule has 0 spiro atoms. The van der Waals surface area contributed by atoms with Gasteiger partial charge >= 0.3 is 0 Å². The maximum atomic E-state index is 12.1. The highest BCUT2D eigenvalue weighted by Gasteiger charge is 2.10. The number of amides is 1. The van der Waals surface area contributed by atoms with Crippen molar-refractivity contribution < 1.29 is 9.53 Å². The van der Waals surface area contributed by atoms with Gasteiger partial charge in [0.25, 0.3) is 5.91 Å². The van der Waals surface area contributed by atoms with E-state index in [9.17, 15) is 4.79 Å². The molecule has 3 aromatic rings. The minimum atomic E-state index is -0.289. The van der Waals surface area contributed by atoms with Crippen molar-refractivity contribution in [2.45, 2.75) is 26.7 Å². The fourth-order valence-electron chi connectivity index (χ4n) is 2.96. The van der Waals surface area contributed by atoms with Crippen LogP contribution in [0.25, 0.3) is 10.8 Å². The van der Waals surface area contributed by atoms with E-state index in [0.717, 1.165) is 33.2 Å². The van der Waals surface area contributed by atoms with Crippen LogP contribution in [0.2, 0.25) is 0 Å². The number of nitrogens with zero attached hydrogens (tertiary/aromatic N) is 1. The maximum absolute atomic E-state index is 12.1. The van der Waals surface area contributed by atoms with Gasteiger partial charge < -0.3 is 4.74 Å². The fraction of sp³-hybridized carbons (Fsp3) is 0.217. The molecule has 0 unspecified atom stereocenters. The first kappa shape index (κ1) is 18.6. The van der Waals surface area contributed by atoms with Crippen LogP contribution in [-0.2, 0) is 4.79 Å². The molecular weight excluding hydrogens is 336 g/mol. The first-order valence-corrected chi connectivity index (χ1v) is 9.07. The second-order valence-electron chi connectivity index (χ2n) is 6.85. The van der Waals surface area contributed by atoms with E-state index in [4.69, 9.17) is 4.74 Å². The molecule has 4 nitrogen and oxygen atoms in total. The van der Waals surface area contributed by atoms with Gasteiger partial charge in [-0.1, -0.05) is 68.4 Å². The summed E-state index contributed by atoms with van der Waals surface area (Å²) in [4.78, 5) is 12.1. The number of aryl methyl sites for hydroxylation is 1. The van der Waals surface area contributed by atoms with Gasteiger partial charge in [0.15, 0.2) is 6.61 Å². The number of benzene rings is 3. The van der Waals surface area contributed by atoms with Crippen LogP contribution in [-0.4, -0.2) is 18.7 Å². The third-order valence-electron chi connectivity index (χ3n) is 4.37. The van der Waals surface area contributed by atoms with Crippen molar-refractivity contribution in [1.29, 1.82) is 0 Å². The molecule has 138 valence electrons. The average Bonchev–Trinajstić information content (AvgIpc) is 2.66. The SMILES string of the molecule is Cc1ccc(C(C)C)c(OCC(=O)NN=Cc2cccc3ccccc23)c1. The van der Waals surface area contributed by atoms with Gasteiger partial charge in [0.2, 0.25) is 0 Å². The third kappa shape index (κ3) is 4.73. The minimum absolute atomic E-state index is 0.0734. The molecule has 0 aliphatic heterocycles. The summed E-state index contributed by atoms with van der Waals surface area (Å²) in [7, 11) is 0. The zero-order valence-corrected chi connectivity index (χ0v) is 15.9. The van der Waals surface area contributed by atoms with E-state index in [1.165, 1.54) is 0 Å². The van der Waals surface area contributed by atoms with Crippen LogP contribution in [0.15, 0.2) is 65.8 Å². The lowest BCUT2D eigenvalue weighted by Gasteiger charge is -2.14. The number of carbonyl (C=O) groups is 1. The second-order valence-corrected chi connectivity index (χ2v) is 6.85. The number of nitrogens with one attached hydrogen (secondary N) is 1. The average molecular weight is 360 g/mol. The Morgan fingerprint density at radius 1 is 1.11 bits per heavy atom. The molecule has 0 bridgehead atoms. The zero-order valence-electron chi connectivity index (χ0n) is 15.9. The second kappa shape index (κ2) is 8.49. The summed E-state index contributed by atoms with van der Waals surface area (Å²) in [6, 6.07) is 20.1. The van der Waals surface area contributed by atoms with Crippen LogP contribution in [0.1, 0.15) is 36.5 Å². The van der Waals surface area contributed by atoms with Gasteiger partial charge in [-0.3, -0.25) is 4.79 Å². The van der Waals surface area contributed by atoms with Crippen molar-refractivity contribution in [2.75, 3.05) is 6.61 Å². The highest BCUT2D eigenvalue weighted by Crippen LogP contribution is 2.27. The maximum Gasteiger partial charge on any atom is 0.277 e. The Morgan fingerprint density at radius 3 is 2.70 bits per heavy atom. The van der Waals surface area contributed by atoms with E-state index in [0.29, 0.717) is 5.92 Å². The van der Waals surface area contributed by atoms with Crippen molar-refractivity contribution >= 4 is 22.9 Å². The molecule has 3 aromatic carbocycles. The number of ether oxygens (including phenoxy) is 1.